The molecule has 0 heterocycles. The normalized spacial score (nSPS) is 17.6. The third-order valence-electron chi connectivity index (χ3n) is 3.44. The number of nitrogens with one attached hydrogen (secondary N) is 1. The van der Waals surface area contributed by atoms with E-state index in [2.05, 4.69) is 5.32 Å². The lowest BCUT2D eigenvalue weighted by molar-refractivity contribution is -0.710. The van der Waals surface area contributed by atoms with E-state index in [-0.39, 0.29) is 23.0 Å². The summed E-state index contributed by atoms with van der Waals surface area (Å²) in [5, 5.41) is 5.23. The minimum absolute atomic E-state index is 0.00454. The molecule has 6 heteroatoms. The smallest absolute Gasteiger partial charge is 0.278 e. The summed E-state index contributed by atoms with van der Waals surface area (Å²) >= 11 is 11.8. The molecule has 0 radical (unpaired) electrons. The summed E-state index contributed by atoms with van der Waals surface area (Å²) in [5.41, 5.74) is 0.639. The van der Waals surface area contributed by atoms with Crippen molar-refractivity contribution in [2.24, 2.45) is 0 Å². The van der Waals surface area contributed by atoms with Crippen molar-refractivity contribution >= 4 is 29.1 Å². The topological polar surface area (TPSA) is 45.7 Å². The zero-order valence-corrected chi connectivity index (χ0v) is 12.9. The summed E-state index contributed by atoms with van der Waals surface area (Å²) < 4.78 is 13.5. The summed E-state index contributed by atoms with van der Waals surface area (Å²) in [7, 11) is 0. The van der Waals surface area contributed by atoms with Crippen LogP contribution in [0.15, 0.2) is 12.1 Å². The van der Waals surface area contributed by atoms with Crippen LogP contribution in [0.1, 0.15) is 38.3 Å². The average Bonchev–Trinajstić information content (AvgIpc) is 3.17. The minimum Gasteiger partial charge on any atom is -0.348 e. The van der Waals surface area contributed by atoms with Crippen LogP contribution < -0.4 is 10.6 Å². The molecule has 1 amide bonds. The van der Waals surface area contributed by atoms with E-state index in [1.165, 1.54) is 12.1 Å². The predicted molar refractivity (Wildman–Crippen MR) is 77.4 cm³/mol. The number of nitrogens with two attached hydrogens (primary N) is 1. The van der Waals surface area contributed by atoms with Crippen LogP contribution in [0.3, 0.4) is 0 Å². The van der Waals surface area contributed by atoms with Crippen LogP contribution in [0.2, 0.25) is 10.0 Å². The van der Waals surface area contributed by atoms with Gasteiger partial charge in [0.1, 0.15) is 11.9 Å². The zero-order valence-electron chi connectivity index (χ0n) is 11.4. The molecule has 0 unspecified atom stereocenters. The second-order valence-corrected chi connectivity index (χ2v) is 6.15. The predicted octanol–water partition coefficient (Wildman–Crippen LogP) is 2.42. The maximum absolute atomic E-state index is 13.5. The summed E-state index contributed by atoms with van der Waals surface area (Å²) in [6.07, 6.45) is 2.12. The van der Waals surface area contributed by atoms with Gasteiger partial charge in [0.25, 0.3) is 5.91 Å². The largest absolute Gasteiger partial charge is 0.348 e. The van der Waals surface area contributed by atoms with Crippen molar-refractivity contribution in [3.05, 3.63) is 33.6 Å². The second-order valence-electron chi connectivity index (χ2n) is 5.34. The number of carbonyl (C=O) groups excluding carboxylic acids is 1. The van der Waals surface area contributed by atoms with Crippen LogP contribution in [0.4, 0.5) is 4.39 Å². The molecule has 1 aliphatic rings. The number of halogens is 3. The number of rotatable bonds is 5. The van der Waals surface area contributed by atoms with Gasteiger partial charge in [0.15, 0.2) is 6.04 Å². The highest BCUT2D eigenvalue weighted by molar-refractivity contribution is 6.35. The first-order valence-corrected chi connectivity index (χ1v) is 7.44. The van der Waals surface area contributed by atoms with Crippen LogP contribution >= 0.6 is 23.2 Å². The van der Waals surface area contributed by atoms with Crippen LogP contribution in [-0.4, -0.2) is 18.0 Å². The summed E-state index contributed by atoms with van der Waals surface area (Å²) in [5.74, 6) is -0.494. The number of benzene rings is 1. The van der Waals surface area contributed by atoms with E-state index in [0.29, 0.717) is 16.6 Å². The van der Waals surface area contributed by atoms with Crippen LogP contribution in [-0.2, 0) is 4.79 Å². The molecule has 2 rings (SSSR count). The third kappa shape index (κ3) is 3.84. The fourth-order valence-electron chi connectivity index (χ4n) is 2.07. The summed E-state index contributed by atoms with van der Waals surface area (Å²) in [6, 6.07) is 2.68. The van der Waals surface area contributed by atoms with Gasteiger partial charge in [0, 0.05) is 11.6 Å². The molecule has 110 valence electrons. The molecule has 3 N–H and O–H groups in total. The Labute approximate surface area is 127 Å². The lowest BCUT2D eigenvalue weighted by atomic mass is 10.1. The van der Waals surface area contributed by atoms with Gasteiger partial charge in [-0.15, -0.1) is 0 Å². The summed E-state index contributed by atoms with van der Waals surface area (Å²) in [4.78, 5) is 11.9. The monoisotopic (exact) mass is 319 g/mol. The molecule has 2 atom stereocenters. The molecule has 0 aliphatic heterocycles. The standard InChI is InChI=1S/C14H17Cl2FN2O/c1-7(10-5-13(17)12(16)6-11(10)15)18-8(2)14(20)19-9-3-4-9/h5-9,18H,3-4H2,1-2H3,(H,19,20)/p+1/t7-,8+/m1/s1. The van der Waals surface area contributed by atoms with Gasteiger partial charge in [-0.3, -0.25) is 4.79 Å². The Balaban J connectivity index is 2.01. The van der Waals surface area contributed by atoms with Gasteiger partial charge >= 0.3 is 0 Å². The molecule has 0 saturated heterocycles. The van der Waals surface area contributed by atoms with E-state index in [1.54, 1.807) is 0 Å². The van der Waals surface area contributed by atoms with E-state index >= 15 is 0 Å². The SMILES string of the molecule is C[C@H]([NH2+][C@H](C)c1cc(F)c(Cl)cc1Cl)C(=O)NC1CC1. The molecular weight excluding hydrogens is 302 g/mol. The van der Waals surface area contributed by atoms with E-state index in [9.17, 15) is 9.18 Å². The van der Waals surface area contributed by atoms with Crippen molar-refractivity contribution < 1.29 is 14.5 Å². The zero-order chi connectivity index (χ0) is 14.9. The molecule has 1 saturated carbocycles. The fraction of sp³-hybridized carbons (Fsp3) is 0.500. The van der Waals surface area contributed by atoms with Crippen molar-refractivity contribution in [1.29, 1.82) is 0 Å². The van der Waals surface area contributed by atoms with Gasteiger partial charge in [-0.25, -0.2) is 4.39 Å². The van der Waals surface area contributed by atoms with Gasteiger partial charge in [-0.1, -0.05) is 23.2 Å². The molecule has 3 nitrogen and oxygen atoms in total. The maximum atomic E-state index is 13.5. The Morgan fingerprint density at radius 3 is 2.60 bits per heavy atom. The first kappa shape index (κ1) is 15.5. The molecule has 1 fully saturated rings. The Morgan fingerprint density at radius 2 is 2.00 bits per heavy atom. The van der Waals surface area contributed by atoms with Crippen molar-refractivity contribution in [3.63, 3.8) is 0 Å². The van der Waals surface area contributed by atoms with E-state index in [4.69, 9.17) is 23.2 Å². The second kappa shape index (κ2) is 6.29. The van der Waals surface area contributed by atoms with E-state index < -0.39 is 5.82 Å². The average molecular weight is 320 g/mol. The Kier molecular flexibility index (Phi) is 4.89. The van der Waals surface area contributed by atoms with E-state index in [1.807, 2.05) is 19.2 Å². The minimum atomic E-state index is -0.499. The molecular formula is C14H18Cl2FN2O+. The van der Waals surface area contributed by atoms with Crippen molar-refractivity contribution in [2.45, 2.75) is 44.8 Å². The van der Waals surface area contributed by atoms with Crippen LogP contribution in [0.5, 0.6) is 0 Å². The molecule has 0 bridgehead atoms. The molecule has 20 heavy (non-hydrogen) atoms. The lowest BCUT2D eigenvalue weighted by Gasteiger charge is -2.18. The Hall–Kier alpha value is -0.840. The molecule has 1 aromatic rings. The Morgan fingerprint density at radius 1 is 1.35 bits per heavy atom. The molecule has 0 aromatic heterocycles. The lowest BCUT2D eigenvalue weighted by Crippen LogP contribution is -2.92. The summed E-state index contributed by atoms with van der Waals surface area (Å²) in [6.45, 7) is 3.71. The number of amides is 1. The first-order chi connectivity index (χ1) is 9.38. The number of hydrogen-bond donors (Lipinski definition) is 2. The first-order valence-electron chi connectivity index (χ1n) is 6.68. The Bertz CT molecular complexity index is 520. The van der Waals surface area contributed by atoms with Crippen molar-refractivity contribution in [3.8, 4) is 0 Å². The molecule has 1 aliphatic carbocycles. The van der Waals surface area contributed by atoms with Gasteiger partial charge < -0.3 is 10.6 Å². The molecule has 1 aromatic carbocycles. The van der Waals surface area contributed by atoms with Crippen LogP contribution in [0, 0.1) is 5.82 Å². The highest BCUT2D eigenvalue weighted by atomic mass is 35.5. The quantitative estimate of drug-likeness (QED) is 0.804. The molecule has 0 spiro atoms. The van der Waals surface area contributed by atoms with Crippen molar-refractivity contribution in [1.82, 2.24) is 5.32 Å². The number of hydrogen-bond acceptors (Lipinski definition) is 1. The fourth-order valence-corrected chi connectivity index (χ4v) is 2.63. The van der Waals surface area contributed by atoms with Gasteiger partial charge in [-0.2, -0.15) is 0 Å². The highest BCUT2D eigenvalue weighted by Crippen LogP contribution is 2.27. The van der Waals surface area contributed by atoms with Gasteiger partial charge in [0.2, 0.25) is 0 Å². The van der Waals surface area contributed by atoms with Gasteiger partial charge in [0.05, 0.1) is 10.0 Å². The van der Waals surface area contributed by atoms with Gasteiger partial charge in [-0.05, 0) is 38.8 Å². The maximum Gasteiger partial charge on any atom is 0.278 e. The van der Waals surface area contributed by atoms with Crippen LogP contribution in [0.25, 0.3) is 0 Å². The van der Waals surface area contributed by atoms with E-state index in [0.717, 1.165) is 12.8 Å². The highest BCUT2D eigenvalue weighted by Gasteiger charge is 2.28. The third-order valence-corrected chi connectivity index (χ3v) is 4.06. The number of carbonyl (C=O) groups is 1. The number of quaternary nitrogens is 1. The van der Waals surface area contributed by atoms with Crippen molar-refractivity contribution in [2.75, 3.05) is 0 Å².